The van der Waals surface area contributed by atoms with Crippen LogP contribution in [0, 0.1) is 0 Å². The van der Waals surface area contributed by atoms with Crippen molar-refractivity contribution in [3.8, 4) is 40.1 Å². The molecule has 10 atom stereocenters. The highest BCUT2D eigenvalue weighted by molar-refractivity contribution is 5.88. The van der Waals surface area contributed by atoms with Gasteiger partial charge in [-0.15, -0.1) is 0 Å². The molecule has 0 saturated carbocycles. The number of phenolic OH excluding ortho intramolecular Hbond substituents is 4. The van der Waals surface area contributed by atoms with Crippen molar-refractivity contribution in [2.24, 2.45) is 0 Å². The Bertz CT molecular complexity index is 2010. The van der Waals surface area contributed by atoms with Gasteiger partial charge in [0, 0.05) is 23.8 Å². The number of hydrogen-bond acceptors (Lipinski definition) is 17. The van der Waals surface area contributed by atoms with Gasteiger partial charge < -0.3 is 74.1 Å². The zero-order valence-electron chi connectivity index (χ0n) is 27.7. The van der Waals surface area contributed by atoms with Gasteiger partial charge in [0.25, 0.3) is 0 Å². The molecule has 4 aromatic rings. The molecular weight excluding hydrogens is 704 g/mol. The molecule has 0 amide bonds. The van der Waals surface area contributed by atoms with Crippen molar-refractivity contribution in [2.75, 3.05) is 6.61 Å². The molecule has 0 aliphatic carbocycles. The van der Waals surface area contributed by atoms with Crippen LogP contribution in [-0.2, 0) is 23.7 Å². The lowest BCUT2D eigenvalue weighted by Crippen LogP contribution is -2.64. The number of aromatic hydroxyl groups is 4. The number of aliphatic hydroxyl groups excluding tert-OH is 5. The number of hydrogen-bond donors (Lipinski definition) is 9. The maximum absolute atomic E-state index is 13.9. The van der Waals surface area contributed by atoms with Gasteiger partial charge in [-0.3, -0.25) is 4.79 Å². The van der Waals surface area contributed by atoms with Crippen molar-refractivity contribution in [1.82, 2.24) is 0 Å². The van der Waals surface area contributed by atoms with Gasteiger partial charge in [0.2, 0.25) is 17.5 Å². The summed E-state index contributed by atoms with van der Waals surface area (Å²) in [5, 5.41) is 93.4. The molecule has 2 aliphatic heterocycles. The first-order valence-electron chi connectivity index (χ1n) is 16.2. The van der Waals surface area contributed by atoms with Crippen LogP contribution in [0.4, 0.5) is 0 Å². The summed E-state index contributed by atoms with van der Waals surface area (Å²) < 4.78 is 34.3. The van der Waals surface area contributed by atoms with Crippen LogP contribution in [0.1, 0.15) is 12.5 Å². The van der Waals surface area contributed by atoms with Crippen LogP contribution in [0.2, 0.25) is 0 Å². The van der Waals surface area contributed by atoms with E-state index >= 15 is 0 Å². The highest BCUT2D eigenvalue weighted by atomic mass is 16.8. The molecule has 9 N–H and O–H groups in total. The molecule has 0 bridgehead atoms. The average Bonchev–Trinajstić information content (AvgIpc) is 3.12. The van der Waals surface area contributed by atoms with Gasteiger partial charge in [-0.2, -0.15) is 0 Å². The number of rotatable bonds is 9. The molecule has 2 fully saturated rings. The van der Waals surface area contributed by atoms with E-state index in [1.54, 1.807) is 12.1 Å². The minimum Gasteiger partial charge on any atom is -0.508 e. The molecule has 282 valence electrons. The second kappa shape index (κ2) is 15.4. The maximum Gasteiger partial charge on any atom is 0.330 e. The predicted molar refractivity (Wildman–Crippen MR) is 180 cm³/mol. The summed E-state index contributed by atoms with van der Waals surface area (Å²) in [5.41, 5.74) is -0.454. The first-order valence-corrected chi connectivity index (χ1v) is 16.2. The third-order valence-electron chi connectivity index (χ3n) is 8.72. The normalized spacial score (nSPS) is 28.9. The van der Waals surface area contributed by atoms with Crippen LogP contribution >= 0.6 is 0 Å². The lowest BCUT2D eigenvalue weighted by Gasteiger charge is -2.45. The van der Waals surface area contributed by atoms with Crippen LogP contribution in [0.5, 0.6) is 28.7 Å². The summed E-state index contributed by atoms with van der Waals surface area (Å²) in [5.74, 6) is -2.90. The van der Waals surface area contributed by atoms with Crippen LogP contribution in [0.25, 0.3) is 28.4 Å². The van der Waals surface area contributed by atoms with Gasteiger partial charge in [0.1, 0.15) is 77.2 Å². The number of carbonyl (C=O) groups excluding carboxylic acids is 1. The van der Waals surface area contributed by atoms with E-state index in [4.69, 9.17) is 28.1 Å². The van der Waals surface area contributed by atoms with Gasteiger partial charge in [-0.05, 0) is 55.0 Å². The number of esters is 1. The first kappa shape index (κ1) is 37.5. The third-order valence-corrected chi connectivity index (χ3v) is 8.72. The number of benzene rings is 3. The second-order valence-electron chi connectivity index (χ2n) is 12.5. The monoisotopic (exact) mass is 740 g/mol. The third kappa shape index (κ3) is 7.92. The van der Waals surface area contributed by atoms with E-state index in [0.717, 1.165) is 18.2 Å². The predicted octanol–water partition coefficient (Wildman–Crippen LogP) is 0.577. The van der Waals surface area contributed by atoms with Crippen LogP contribution in [0.15, 0.2) is 76.0 Å². The summed E-state index contributed by atoms with van der Waals surface area (Å²) in [7, 11) is 0. The van der Waals surface area contributed by atoms with Crippen molar-refractivity contribution in [3.63, 3.8) is 0 Å². The minimum absolute atomic E-state index is 0.0280. The Morgan fingerprint density at radius 3 is 2.11 bits per heavy atom. The van der Waals surface area contributed by atoms with Crippen LogP contribution in [-0.4, -0.2) is 120 Å². The van der Waals surface area contributed by atoms with Crippen molar-refractivity contribution in [1.29, 1.82) is 0 Å². The molecular formula is C36H36O17. The topological polar surface area (TPSA) is 275 Å². The average molecular weight is 741 g/mol. The van der Waals surface area contributed by atoms with Gasteiger partial charge >= 0.3 is 5.97 Å². The summed E-state index contributed by atoms with van der Waals surface area (Å²) in [6.45, 7) is 0.741. The van der Waals surface area contributed by atoms with E-state index in [9.17, 15) is 55.5 Å². The first-order chi connectivity index (χ1) is 25.2. The molecule has 0 radical (unpaired) electrons. The second-order valence-corrected chi connectivity index (χ2v) is 12.5. The van der Waals surface area contributed by atoms with Gasteiger partial charge in [0.15, 0.2) is 18.2 Å². The standard InChI is InChI=1S/C36H36O17/c1-15-26(42)30(46)34(53-35-31(47)29(45)27(43)23(51-35)14-48-24(41)11-4-16-2-7-18(37)8-3-16)36(49-15)52-33-28(44)25-21(40)12-20(39)13-22(25)50-32(33)17-5-9-19(38)10-6-17/h2-13,15,23,26-27,29-31,34-40,42-43,45-47H,14H2,1H3/b11-4+. The molecule has 6 rings (SSSR count). The van der Waals surface area contributed by atoms with E-state index in [2.05, 4.69) is 0 Å². The molecule has 17 nitrogen and oxygen atoms in total. The molecule has 0 spiro atoms. The number of aliphatic hydroxyl groups is 5. The Kier molecular flexibility index (Phi) is 10.9. The Labute approximate surface area is 299 Å². The molecule has 10 unspecified atom stereocenters. The van der Waals surface area contributed by atoms with Crippen molar-refractivity contribution < 1.29 is 78.9 Å². The molecule has 53 heavy (non-hydrogen) atoms. The van der Waals surface area contributed by atoms with E-state index in [-0.39, 0.29) is 28.4 Å². The van der Waals surface area contributed by atoms with Crippen LogP contribution in [0.3, 0.4) is 0 Å². The summed E-state index contributed by atoms with van der Waals surface area (Å²) in [4.78, 5) is 26.3. The smallest absolute Gasteiger partial charge is 0.330 e. The van der Waals surface area contributed by atoms with E-state index in [1.165, 1.54) is 49.4 Å². The Morgan fingerprint density at radius 2 is 1.43 bits per heavy atom. The SMILES string of the molecule is CC1OC(Oc2c(-c3ccc(O)cc3)oc3cc(O)cc(O)c3c2=O)C(OC2OC(COC(=O)/C=C/c3ccc(O)cc3)C(O)C(O)C2O)C(O)C1O. The zero-order chi connectivity index (χ0) is 38.1. The van der Waals surface area contributed by atoms with Crippen molar-refractivity contribution in [2.45, 2.75) is 68.3 Å². The zero-order valence-corrected chi connectivity index (χ0v) is 27.7. The highest BCUT2D eigenvalue weighted by Gasteiger charge is 2.51. The molecule has 3 heterocycles. The van der Waals surface area contributed by atoms with Gasteiger partial charge in [-0.25, -0.2) is 4.79 Å². The molecule has 2 saturated heterocycles. The number of ether oxygens (including phenoxy) is 5. The van der Waals surface area contributed by atoms with Gasteiger partial charge in [0.05, 0.1) is 6.10 Å². The Morgan fingerprint density at radius 1 is 0.774 bits per heavy atom. The number of phenols is 4. The Hall–Kier alpha value is -5.24. The van der Waals surface area contributed by atoms with Crippen molar-refractivity contribution in [3.05, 3.63) is 82.5 Å². The molecule has 1 aromatic heterocycles. The lowest BCUT2D eigenvalue weighted by molar-refractivity contribution is -0.355. The summed E-state index contributed by atoms with van der Waals surface area (Å²) >= 11 is 0. The molecule has 17 heteroatoms. The van der Waals surface area contributed by atoms with Gasteiger partial charge in [-0.1, -0.05) is 12.1 Å². The fourth-order valence-electron chi connectivity index (χ4n) is 5.82. The lowest BCUT2D eigenvalue weighted by atomic mass is 9.97. The molecule has 3 aromatic carbocycles. The van der Waals surface area contributed by atoms with E-state index in [1.807, 2.05) is 0 Å². The fourth-order valence-corrected chi connectivity index (χ4v) is 5.82. The Balaban J connectivity index is 1.27. The van der Waals surface area contributed by atoms with E-state index < -0.39 is 102 Å². The quantitative estimate of drug-likeness (QED) is 0.0838. The maximum atomic E-state index is 13.9. The molecule has 2 aliphatic rings. The van der Waals surface area contributed by atoms with Crippen molar-refractivity contribution >= 4 is 23.0 Å². The largest absolute Gasteiger partial charge is 0.508 e. The number of fused-ring (bicyclic) bond motifs is 1. The van der Waals surface area contributed by atoms with E-state index in [0.29, 0.717) is 5.56 Å². The number of carbonyl (C=O) groups is 1. The minimum atomic E-state index is -1.97. The fraction of sp³-hybridized carbons (Fsp3) is 0.333. The van der Waals surface area contributed by atoms with Crippen LogP contribution < -0.4 is 10.2 Å². The summed E-state index contributed by atoms with van der Waals surface area (Å²) in [6, 6.07) is 13.2. The highest BCUT2D eigenvalue weighted by Crippen LogP contribution is 2.38. The summed E-state index contributed by atoms with van der Waals surface area (Å²) in [6.07, 6.45) is -14.8.